The van der Waals surface area contributed by atoms with Gasteiger partial charge in [0.05, 0.1) is 7.11 Å². The van der Waals surface area contributed by atoms with Crippen LogP contribution in [0, 0.1) is 0 Å². The zero-order valence-corrected chi connectivity index (χ0v) is 17.1. The summed E-state index contributed by atoms with van der Waals surface area (Å²) in [7, 11) is 1.49. The third kappa shape index (κ3) is 3.69. The molecule has 0 spiro atoms. The van der Waals surface area contributed by atoms with Crippen molar-refractivity contribution >= 4 is 11.5 Å². The summed E-state index contributed by atoms with van der Waals surface area (Å²) in [6, 6.07) is 15.9. The van der Waals surface area contributed by atoms with Crippen molar-refractivity contribution in [3.63, 3.8) is 0 Å². The molecule has 2 heteroatoms. The van der Waals surface area contributed by atoms with Gasteiger partial charge in [0.25, 0.3) is 0 Å². The lowest BCUT2D eigenvalue weighted by atomic mass is 9.81. The van der Waals surface area contributed by atoms with Crippen molar-refractivity contribution in [1.29, 1.82) is 0 Å². The monoisotopic (exact) mass is 372 g/mol. The van der Waals surface area contributed by atoms with Crippen LogP contribution in [0.25, 0.3) is 5.57 Å². The number of carbonyl (C=O) groups excluding carboxylic acids is 1. The van der Waals surface area contributed by atoms with Crippen molar-refractivity contribution in [1.82, 2.24) is 0 Å². The Morgan fingerprint density at radius 3 is 2.04 bits per heavy atom. The standard InChI is InChI=1S/C26H28O2/c1-17-14-24(25(15-18(17)2)26(27)28-3)23-16-21-9-8-19-4-6-20(7-5-19)10-12-22(23)13-11-21/h4-7,11,13,16H,8-10,12,14-15H2,1-3H3. The molecule has 0 amide bonds. The second kappa shape index (κ2) is 7.79. The van der Waals surface area contributed by atoms with Crippen LogP contribution in [0.2, 0.25) is 0 Å². The number of esters is 1. The molecule has 0 unspecified atom stereocenters. The van der Waals surface area contributed by atoms with Crippen LogP contribution in [0.4, 0.5) is 0 Å². The summed E-state index contributed by atoms with van der Waals surface area (Å²) in [4.78, 5) is 12.6. The molecule has 2 aromatic carbocycles. The van der Waals surface area contributed by atoms with Gasteiger partial charge in [0.15, 0.2) is 0 Å². The smallest absolute Gasteiger partial charge is 0.334 e. The average molecular weight is 373 g/mol. The Bertz CT molecular complexity index is 974. The molecular formula is C26H28O2. The van der Waals surface area contributed by atoms with Crippen LogP contribution in [0.15, 0.2) is 59.2 Å². The number of hydrogen-bond acceptors (Lipinski definition) is 2. The van der Waals surface area contributed by atoms with E-state index in [1.54, 1.807) is 0 Å². The lowest BCUT2D eigenvalue weighted by molar-refractivity contribution is -0.136. The predicted octanol–water partition coefficient (Wildman–Crippen LogP) is 5.63. The van der Waals surface area contributed by atoms with Crippen molar-refractivity contribution in [3.8, 4) is 0 Å². The van der Waals surface area contributed by atoms with Gasteiger partial charge in [-0.15, -0.1) is 0 Å². The van der Waals surface area contributed by atoms with Gasteiger partial charge < -0.3 is 4.74 Å². The molecule has 2 aromatic rings. The van der Waals surface area contributed by atoms with Gasteiger partial charge in [-0.05, 0) is 79.3 Å². The molecule has 0 radical (unpaired) electrons. The number of methoxy groups -OCH3 is 1. The van der Waals surface area contributed by atoms with E-state index in [1.165, 1.54) is 46.1 Å². The summed E-state index contributed by atoms with van der Waals surface area (Å²) in [6.45, 7) is 4.31. The molecule has 5 aliphatic carbocycles. The van der Waals surface area contributed by atoms with Gasteiger partial charge in [-0.3, -0.25) is 0 Å². The van der Waals surface area contributed by atoms with Crippen LogP contribution in [0.1, 0.15) is 54.5 Å². The van der Waals surface area contributed by atoms with Crippen molar-refractivity contribution in [2.24, 2.45) is 0 Å². The van der Waals surface area contributed by atoms with E-state index in [-0.39, 0.29) is 5.97 Å². The minimum absolute atomic E-state index is 0.186. The third-order valence-corrected chi connectivity index (χ3v) is 6.32. The summed E-state index contributed by atoms with van der Waals surface area (Å²) < 4.78 is 5.15. The van der Waals surface area contributed by atoms with Gasteiger partial charge in [0.1, 0.15) is 0 Å². The first-order chi connectivity index (χ1) is 13.5. The molecule has 0 atom stereocenters. The summed E-state index contributed by atoms with van der Waals surface area (Å²) in [5.74, 6) is -0.186. The molecule has 0 aliphatic heterocycles. The third-order valence-electron chi connectivity index (χ3n) is 6.32. The van der Waals surface area contributed by atoms with Gasteiger partial charge in [-0.1, -0.05) is 53.6 Å². The van der Waals surface area contributed by atoms with Gasteiger partial charge in [0.2, 0.25) is 0 Å². The molecule has 2 nitrogen and oxygen atoms in total. The molecule has 0 fully saturated rings. The first kappa shape index (κ1) is 18.7. The van der Waals surface area contributed by atoms with E-state index in [0.29, 0.717) is 6.42 Å². The molecule has 4 bridgehead atoms. The summed E-state index contributed by atoms with van der Waals surface area (Å²) in [5.41, 5.74) is 11.3. The Kier molecular flexibility index (Phi) is 5.21. The van der Waals surface area contributed by atoms with Crippen molar-refractivity contribution in [3.05, 3.63) is 87.0 Å². The Balaban J connectivity index is 1.81. The minimum Gasteiger partial charge on any atom is -0.466 e. The molecule has 28 heavy (non-hydrogen) atoms. The number of rotatable bonds is 2. The summed E-state index contributed by atoms with van der Waals surface area (Å²) in [6.07, 6.45) is 5.58. The van der Waals surface area contributed by atoms with Gasteiger partial charge >= 0.3 is 5.97 Å². The molecule has 0 N–H and O–H groups in total. The van der Waals surface area contributed by atoms with E-state index >= 15 is 0 Å². The molecule has 144 valence electrons. The molecule has 0 heterocycles. The first-order valence-electron chi connectivity index (χ1n) is 10.2. The van der Waals surface area contributed by atoms with Crippen LogP contribution in [-0.4, -0.2) is 13.1 Å². The number of allylic oxidation sites excluding steroid dienone is 3. The van der Waals surface area contributed by atoms with Gasteiger partial charge in [0, 0.05) is 12.0 Å². The van der Waals surface area contributed by atoms with Crippen molar-refractivity contribution in [2.75, 3.05) is 7.11 Å². The highest BCUT2D eigenvalue weighted by atomic mass is 16.5. The van der Waals surface area contributed by atoms with Crippen molar-refractivity contribution in [2.45, 2.75) is 52.4 Å². The van der Waals surface area contributed by atoms with E-state index in [2.05, 4.69) is 56.3 Å². The highest BCUT2D eigenvalue weighted by molar-refractivity contribution is 5.99. The maximum Gasteiger partial charge on any atom is 0.334 e. The number of benzene rings is 2. The Morgan fingerprint density at radius 1 is 0.786 bits per heavy atom. The fourth-order valence-electron chi connectivity index (χ4n) is 4.34. The second-order valence-electron chi connectivity index (χ2n) is 8.17. The minimum atomic E-state index is -0.186. The van der Waals surface area contributed by atoms with Crippen molar-refractivity contribution < 1.29 is 9.53 Å². The first-order valence-corrected chi connectivity index (χ1v) is 10.2. The zero-order chi connectivity index (χ0) is 19.7. The summed E-state index contributed by atoms with van der Waals surface area (Å²) in [5, 5.41) is 0. The number of hydrogen-bond donors (Lipinski definition) is 0. The normalized spacial score (nSPS) is 16.8. The molecule has 5 aliphatic rings. The predicted molar refractivity (Wildman–Crippen MR) is 114 cm³/mol. The fraction of sp³-hybridized carbons (Fsp3) is 0.346. The highest BCUT2D eigenvalue weighted by Crippen LogP contribution is 2.38. The largest absolute Gasteiger partial charge is 0.466 e. The molecule has 0 saturated carbocycles. The van der Waals surface area contributed by atoms with Gasteiger partial charge in [-0.2, -0.15) is 0 Å². The lowest BCUT2D eigenvalue weighted by Crippen LogP contribution is -2.14. The van der Waals surface area contributed by atoms with E-state index in [0.717, 1.165) is 43.3 Å². The Hall–Kier alpha value is -2.61. The number of aryl methyl sites for hydroxylation is 4. The number of ether oxygens (including phenoxy) is 1. The highest BCUT2D eigenvalue weighted by Gasteiger charge is 2.25. The lowest BCUT2D eigenvalue weighted by Gasteiger charge is -2.24. The van der Waals surface area contributed by atoms with E-state index in [9.17, 15) is 4.79 Å². The topological polar surface area (TPSA) is 26.3 Å². The maximum atomic E-state index is 12.6. The maximum absolute atomic E-state index is 12.6. The van der Waals surface area contributed by atoms with E-state index in [4.69, 9.17) is 4.74 Å². The molecule has 0 aromatic heterocycles. The Labute approximate surface area is 167 Å². The quantitative estimate of drug-likeness (QED) is 0.505. The SMILES string of the molecule is COC(=O)C1=C(c2cc3ccc2CCc2ccc(cc2)CC3)CC(C)=C(C)C1. The van der Waals surface area contributed by atoms with E-state index < -0.39 is 0 Å². The van der Waals surface area contributed by atoms with Crippen LogP contribution < -0.4 is 0 Å². The van der Waals surface area contributed by atoms with Crippen LogP contribution >= 0.6 is 0 Å². The zero-order valence-electron chi connectivity index (χ0n) is 17.1. The molecular weight excluding hydrogens is 344 g/mol. The molecule has 0 saturated heterocycles. The Morgan fingerprint density at radius 2 is 1.36 bits per heavy atom. The average Bonchev–Trinajstić information content (AvgIpc) is 2.71. The van der Waals surface area contributed by atoms with Crippen LogP contribution in [0.5, 0.6) is 0 Å². The van der Waals surface area contributed by atoms with Crippen LogP contribution in [-0.2, 0) is 35.2 Å². The van der Waals surface area contributed by atoms with E-state index in [1.807, 2.05) is 0 Å². The van der Waals surface area contributed by atoms with Crippen LogP contribution in [0.3, 0.4) is 0 Å². The number of carbonyl (C=O) groups is 1. The second-order valence-corrected chi connectivity index (χ2v) is 8.17. The van der Waals surface area contributed by atoms with Gasteiger partial charge in [-0.25, -0.2) is 4.79 Å². The summed E-state index contributed by atoms with van der Waals surface area (Å²) >= 11 is 0. The fourth-order valence-corrected chi connectivity index (χ4v) is 4.34. The molecule has 7 rings (SSSR count).